The lowest BCUT2D eigenvalue weighted by Crippen LogP contribution is -2.14. The molecule has 0 aliphatic heterocycles. The number of hydrogen-bond acceptors (Lipinski definition) is 2. The molecular formula is C15H19ClFN3. The van der Waals surface area contributed by atoms with Gasteiger partial charge in [0.05, 0.1) is 11.2 Å². The Kier molecular flexibility index (Phi) is 5.15. The van der Waals surface area contributed by atoms with Crippen molar-refractivity contribution in [2.45, 2.75) is 33.2 Å². The molecule has 5 heteroatoms. The van der Waals surface area contributed by atoms with Crippen molar-refractivity contribution in [1.82, 2.24) is 15.1 Å². The largest absolute Gasteiger partial charge is 0.313 e. The number of aromatic nitrogens is 2. The van der Waals surface area contributed by atoms with Gasteiger partial charge in [0.1, 0.15) is 11.5 Å². The number of para-hydroxylation sites is 1. The van der Waals surface area contributed by atoms with Gasteiger partial charge < -0.3 is 5.32 Å². The van der Waals surface area contributed by atoms with Gasteiger partial charge >= 0.3 is 0 Å². The molecule has 2 rings (SSSR count). The summed E-state index contributed by atoms with van der Waals surface area (Å²) < 4.78 is 15.7. The monoisotopic (exact) mass is 295 g/mol. The number of halogens is 2. The van der Waals surface area contributed by atoms with Gasteiger partial charge in [0.2, 0.25) is 0 Å². The van der Waals surface area contributed by atoms with Crippen LogP contribution in [0.1, 0.15) is 31.5 Å². The molecule has 1 aromatic carbocycles. The van der Waals surface area contributed by atoms with Crippen LogP contribution in [0.15, 0.2) is 24.4 Å². The van der Waals surface area contributed by atoms with E-state index in [9.17, 15) is 4.39 Å². The highest BCUT2D eigenvalue weighted by atomic mass is 35.5. The lowest BCUT2D eigenvalue weighted by atomic mass is 10.1. The lowest BCUT2D eigenvalue weighted by molar-refractivity contribution is 0.604. The van der Waals surface area contributed by atoms with E-state index in [4.69, 9.17) is 11.6 Å². The minimum absolute atomic E-state index is 0.334. The standard InChI is InChI=1S/C15H19ClFN3/c1-3-6-14-11(9-18-4-2)10-19-20(14)15-12(16)7-5-8-13(15)17/h5,7-8,10,18H,3-4,6,9H2,1-2H3. The Bertz CT molecular complexity index is 560. The summed E-state index contributed by atoms with van der Waals surface area (Å²) in [5.74, 6) is -0.354. The van der Waals surface area contributed by atoms with Gasteiger partial charge in [-0.15, -0.1) is 0 Å². The summed E-state index contributed by atoms with van der Waals surface area (Å²) in [6, 6.07) is 4.69. The lowest BCUT2D eigenvalue weighted by Gasteiger charge is -2.11. The zero-order valence-corrected chi connectivity index (χ0v) is 12.5. The maximum atomic E-state index is 14.1. The third-order valence-corrected chi connectivity index (χ3v) is 3.46. The summed E-state index contributed by atoms with van der Waals surface area (Å²) in [5, 5.41) is 7.98. The second-order valence-electron chi connectivity index (χ2n) is 4.63. The smallest absolute Gasteiger partial charge is 0.150 e. The van der Waals surface area contributed by atoms with Crippen molar-refractivity contribution in [1.29, 1.82) is 0 Å². The molecule has 0 saturated heterocycles. The zero-order chi connectivity index (χ0) is 14.5. The van der Waals surface area contributed by atoms with Crippen molar-refractivity contribution in [3.63, 3.8) is 0 Å². The Morgan fingerprint density at radius 3 is 2.80 bits per heavy atom. The van der Waals surface area contributed by atoms with Gasteiger partial charge in [-0.05, 0) is 25.1 Å². The highest BCUT2D eigenvalue weighted by Gasteiger charge is 2.16. The van der Waals surface area contributed by atoms with Crippen LogP contribution in [-0.4, -0.2) is 16.3 Å². The van der Waals surface area contributed by atoms with Crippen LogP contribution >= 0.6 is 11.6 Å². The Morgan fingerprint density at radius 2 is 2.15 bits per heavy atom. The molecule has 1 heterocycles. The molecule has 0 aliphatic carbocycles. The third-order valence-electron chi connectivity index (χ3n) is 3.16. The Balaban J connectivity index is 2.48. The number of hydrogen-bond donors (Lipinski definition) is 1. The molecule has 20 heavy (non-hydrogen) atoms. The molecule has 0 amide bonds. The molecule has 0 spiro atoms. The first kappa shape index (κ1) is 15.0. The SMILES string of the molecule is CCCc1c(CNCC)cnn1-c1c(F)cccc1Cl. The fourth-order valence-corrected chi connectivity index (χ4v) is 2.45. The molecule has 0 atom stereocenters. The zero-order valence-electron chi connectivity index (χ0n) is 11.8. The number of nitrogens with zero attached hydrogens (tertiary/aromatic N) is 2. The van der Waals surface area contributed by atoms with Crippen LogP contribution in [0.25, 0.3) is 5.69 Å². The van der Waals surface area contributed by atoms with Gasteiger partial charge in [-0.3, -0.25) is 0 Å². The van der Waals surface area contributed by atoms with E-state index in [-0.39, 0.29) is 5.82 Å². The summed E-state index contributed by atoms with van der Waals surface area (Å²) in [5.41, 5.74) is 2.44. The topological polar surface area (TPSA) is 29.9 Å². The van der Waals surface area contributed by atoms with E-state index in [0.717, 1.165) is 37.2 Å². The van der Waals surface area contributed by atoms with Crippen LogP contribution in [0.3, 0.4) is 0 Å². The third kappa shape index (κ3) is 3.02. The Hall–Kier alpha value is -1.39. The molecule has 1 N–H and O–H groups in total. The number of benzene rings is 1. The summed E-state index contributed by atoms with van der Waals surface area (Å²) >= 11 is 6.13. The molecule has 0 unspecified atom stereocenters. The van der Waals surface area contributed by atoms with Crippen LogP contribution in [0.2, 0.25) is 5.02 Å². The van der Waals surface area contributed by atoms with Crippen LogP contribution in [0, 0.1) is 5.82 Å². The molecule has 0 radical (unpaired) electrons. The highest BCUT2D eigenvalue weighted by Crippen LogP contribution is 2.26. The molecule has 0 fully saturated rings. The predicted molar refractivity (Wildman–Crippen MR) is 79.9 cm³/mol. The van der Waals surface area contributed by atoms with E-state index in [1.54, 1.807) is 23.0 Å². The van der Waals surface area contributed by atoms with E-state index in [1.165, 1.54) is 6.07 Å². The van der Waals surface area contributed by atoms with Gasteiger partial charge in [0.15, 0.2) is 0 Å². The minimum atomic E-state index is -0.354. The number of rotatable bonds is 6. The van der Waals surface area contributed by atoms with Crippen molar-refractivity contribution in [3.05, 3.63) is 46.5 Å². The Labute approximate surface area is 123 Å². The first-order valence-corrected chi connectivity index (χ1v) is 7.27. The maximum absolute atomic E-state index is 14.1. The average Bonchev–Trinajstić information content (AvgIpc) is 2.80. The summed E-state index contributed by atoms with van der Waals surface area (Å²) in [4.78, 5) is 0. The molecule has 0 aliphatic rings. The fraction of sp³-hybridized carbons (Fsp3) is 0.400. The van der Waals surface area contributed by atoms with E-state index in [0.29, 0.717) is 10.7 Å². The molecule has 1 aromatic heterocycles. The van der Waals surface area contributed by atoms with Gasteiger partial charge in [-0.2, -0.15) is 5.10 Å². The second-order valence-corrected chi connectivity index (χ2v) is 5.04. The second kappa shape index (κ2) is 6.86. The molecule has 108 valence electrons. The first-order chi connectivity index (χ1) is 9.69. The van der Waals surface area contributed by atoms with Crippen molar-refractivity contribution in [2.24, 2.45) is 0 Å². The maximum Gasteiger partial charge on any atom is 0.150 e. The fourth-order valence-electron chi connectivity index (χ4n) is 2.20. The normalized spacial score (nSPS) is 11.0. The van der Waals surface area contributed by atoms with E-state index in [1.807, 2.05) is 0 Å². The molecular weight excluding hydrogens is 277 g/mol. The van der Waals surface area contributed by atoms with Crippen LogP contribution in [0.5, 0.6) is 0 Å². The summed E-state index contributed by atoms with van der Waals surface area (Å²) in [6.45, 7) is 5.77. The van der Waals surface area contributed by atoms with Gasteiger partial charge in [-0.1, -0.05) is 37.9 Å². The molecule has 3 nitrogen and oxygen atoms in total. The van der Waals surface area contributed by atoms with E-state index >= 15 is 0 Å². The molecule has 0 saturated carbocycles. The van der Waals surface area contributed by atoms with Crippen LogP contribution < -0.4 is 5.32 Å². The van der Waals surface area contributed by atoms with Crippen LogP contribution in [0.4, 0.5) is 4.39 Å². The quantitative estimate of drug-likeness (QED) is 0.880. The first-order valence-electron chi connectivity index (χ1n) is 6.89. The van der Waals surface area contributed by atoms with E-state index in [2.05, 4.69) is 24.3 Å². The van der Waals surface area contributed by atoms with Crippen molar-refractivity contribution in [2.75, 3.05) is 6.54 Å². The predicted octanol–water partition coefficient (Wildman–Crippen LogP) is 3.73. The highest BCUT2D eigenvalue weighted by molar-refractivity contribution is 6.32. The van der Waals surface area contributed by atoms with Crippen molar-refractivity contribution in [3.8, 4) is 5.69 Å². The van der Waals surface area contributed by atoms with Crippen molar-refractivity contribution < 1.29 is 4.39 Å². The minimum Gasteiger partial charge on any atom is -0.313 e. The molecule has 2 aromatic rings. The van der Waals surface area contributed by atoms with Gasteiger partial charge in [-0.25, -0.2) is 9.07 Å². The van der Waals surface area contributed by atoms with E-state index < -0.39 is 0 Å². The van der Waals surface area contributed by atoms with Gasteiger partial charge in [0.25, 0.3) is 0 Å². The average molecular weight is 296 g/mol. The van der Waals surface area contributed by atoms with Crippen molar-refractivity contribution >= 4 is 11.6 Å². The molecule has 0 bridgehead atoms. The Morgan fingerprint density at radius 1 is 1.35 bits per heavy atom. The van der Waals surface area contributed by atoms with Crippen LogP contribution in [-0.2, 0) is 13.0 Å². The van der Waals surface area contributed by atoms with Gasteiger partial charge in [0, 0.05) is 17.8 Å². The summed E-state index contributed by atoms with van der Waals surface area (Å²) in [6.07, 6.45) is 3.60. The summed E-state index contributed by atoms with van der Waals surface area (Å²) in [7, 11) is 0. The number of nitrogens with one attached hydrogen (secondary N) is 1.